The van der Waals surface area contributed by atoms with Crippen LogP contribution in [0.1, 0.15) is 27.7 Å². The van der Waals surface area contributed by atoms with Gasteiger partial charge in [-0.15, -0.1) is 0 Å². The van der Waals surface area contributed by atoms with Crippen LogP contribution in [0, 0.1) is 11.8 Å². The van der Waals surface area contributed by atoms with Crippen LogP contribution in [0.15, 0.2) is 0 Å². The summed E-state index contributed by atoms with van der Waals surface area (Å²) in [5.74, 6) is 0.904. The molecule has 0 saturated heterocycles. The van der Waals surface area contributed by atoms with Gasteiger partial charge >= 0.3 is 0 Å². The van der Waals surface area contributed by atoms with E-state index in [2.05, 4.69) is 27.7 Å². The summed E-state index contributed by atoms with van der Waals surface area (Å²) in [7, 11) is 0. The molecule has 0 heterocycles. The van der Waals surface area contributed by atoms with Gasteiger partial charge in [-0.05, 0) is 11.8 Å². The molecule has 86 valence electrons. The molecule has 0 aromatic rings. The maximum Gasteiger partial charge on any atom is 0.0564 e. The van der Waals surface area contributed by atoms with Gasteiger partial charge in [0.25, 0.3) is 0 Å². The quantitative estimate of drug-likeness (QED) is 0.421. The van der Waals surface area contributed by atoms with E-state index in [1.807, 2.05) is 0 Å². The zero-order valence-corrected chi connectivity index (χ0v) is 13.6. The first-order chi connectivity index (χ1) is 5.83. The van der Waals surface area contributed by atoms with Crippen LogP contribution in [0.5, 0.6) is 0 Å². The van der Waals surface area contributed by atoms with Gasteiger partial charge in [0, 0.05) is 21.1 Å². The summed E-state index contributed by atoms with van der Waals surface area (Å²) < 4.78 is 10.7. The fraction of sp³-hybridized carbons (Fsp3) is 1.00. The minimum absolute atomic E-state index is 0. The standard InChI is InChI=1S/C8H19O2PS2.Mo/c1-7(2)5-9-11(12,13)10-6-8(3)4;/h7-8H,5-6H2,1-4H3,(H,12,13);/p-1. The average Bonchev–Trinajstić information content (AvgIpc) is 1.98. The van der Waals surface area contributed by atoms with Crippen molar-refractivity contribution in [3.8, 4) is 0 Å². The normalized spacial score (nSPS) is 11.9. The molecule has 0 aromatic heterocycles. The molecule has 0 aliphatic carbocycles. The predicted octanol–water partition coefficient (Wildman–Crippen LogP) is 3.10. The van der Waals surface area contributed by atoms with E-state index in [9.17, 15) is 0 Å². The molecule has 0 bridgehead atoms. The van der Waals surface area contributed by atoms with Crippen LogP contribution in [0.25, 0.3) is 0 Å². The van der Waals surface area contributed by atoms with E-state index in [1.165, 1.54) is 0 Å². The predicted molar refractivity (Wildman–Crippen MR) is 63.2 cm³/mol. The molecular weight excluding hydrogens is 319 g/mol. The van der Waals surface area contributed by atoms with Gasteiger partial charge in [-0.3, -0.25) is 0 Å². The van der Waals surface area contributed by atoms with Gasteiger partial charge in [0.15, 0.2) is 0 Å². The van der Waals surface area contributed by atoms with E-state index in [4.69, 9.17) is 33.1 Å². The Morgan fingerprint density at radius 2 is 1.36 bits per heavy atom. The molecule has 0 rings (SSSR count). The summed E-state index contributed by atoms with van der Waals surface area (Å²) in [6, 6.07) is 0. The molecular formula is C8H18MoO2PS2-. The largest absolute Gasteiger partial charge is 0.691 e. The first-order valence-corrected chi connectivity index (χ1v) is 8.09. The first-order valence-electron chi connectivity index (χ1n) is 4.43. The molecule has 0 spiro atoms. The monoisotopic (exact) mass is 339 g/mol. The molecule has 0 fully saturated rings. The Bertz CT molecular complexity index is 172. The summed E-state index contributed by atoms with van der Waals surface area (Å²) in [6.07, 6.45) is 0. The molecule has 0 N–H and O–H groups in total. The van der Waals surface area contributed by atoms with Crippen LogP contribution in [0.3, 0.4) is 0 Å². The second-order valence-corrected chi connectivity index (χ2v) is 8.81. The van der Waals surface area contributed by atoms with Crippen molar-refractivity contribution in [2.75, 3.05) is 13.2 Å². The van der Waals surface area contributed by atoms with Gasteiger partial charge in [-0.1, -0.05) is 39.5 Å². The van der Waals surface area contributed by atoms with Crippen molar-refractivity contribution >= 4 is 29.7 Å². The Kier molecular flexibility index (Phi) is 11.2. The number of hydrogen-bond acceptors (Lipinski definition) is 4. The second-order valence-electron chi connectivity index (χ2n) is 3.83. The Morgan fingerprint density at radius 3 is 1.57 bits per heavy atom. The van der Waals surface area contributed by atoms with Crippen LogP contribution in [-0.4, -0.2) is 13.2 Å². The molecule has 14 heavy (non-hydrogen) atoms. The summed E-state index contributed by atoms with van der Waals surface area (Å²) in [6.45, 7) is 9.44. The summed E-state index contributed by atoms with van der Waals surface area (Å²) in [4.78, 5) is 0. The van der Waals surface area contributed by atoms with Crippen LogP contribution in [-0.2, 0) is 54.2 Å². The van der Waals surface area contributed by atoms with Crippen molar-refractivity contribution in [3.63, 3.8) is 0 Å². The van der Waals surface area contributed by atoms with Gasteiger partial charge < -0.3 is 21.3 Å². The van der Waals surface area contributed by atoms with Gasteiger partial charge in [-0.25, -0.2) is 0 Å². The second kappa shape index (κ2) is 8.73. The van der Waals surface area contributed by atoms with E-state index in [1.54, 1.807) is 0 Å². The molecule has 0 aliphatic heterocycles. The Labute approximate surface area is 112 Å². The van der Waals surface area contributed by atoms with Crippen LogP contribution < -0.4 is 0 Å². The third-order valence-corrected chi connectivity index (χ3v) is 3.33. The van der Waals surface area contributed by atoms with Crippen molar-refractivity contribution < 1.29 is 30.1 Å². The van der Waals surface area contributed by atoms with Crippen molar-refractivity contribution in [3.05, 3.63) is 0 Å². The molecule has 0 aliphatic rings. The van der Waals surface area contributed by atoms with E-state index in [0.29, 0.717) is 25.0 Å². The van der Waals surface area contributed by atoms with E-state index in [0.717, 1.165) is 0 Å². The van der Waals surface area contributed by atoms with Gasteiger partial charge in [0.2, 0.25) is 0 Å². The average molecular weight is 337 g/mol. The maximum atomic E-state index is 5.36. The number of rotatable bonds is 6. The molecule has 0 saturated carbocycles. The Hall–Kier alpha value is 1.61. The maximum absolute atomic E-state index is 5.36. The molecule has 6 heteroatoms. The minimum atomic E-state index is -2.38. The van der Waals surface area contributed by atoms with Gasteiger partial charge in [-0.2, -0.15) is 0 Å². The summed E-state index contributed by atoms with van der Waals surface area (Å²) >= 11 is 10.1. The van der Waals surface area contributed by atoms with E-state index in [-0.39, 0.29) is 21.1 Å². The summed E-state index contributed by atoms with van der Waals surface area (Å²) in [5, 5.41) is 0. The molecule has 2 nitrogen and oxygen atoms in total. The van der Waals surface area contributed by atoms with Gasteiger partial charge in [0.05, 0.1) is 18.9 Å². The van der Waals surface area contributed by atoms with Gasteiger partial charge in [0.1, 0.15) is 0 Å². The zero-order chi connectivity index (χ0) is 10.5. The topological polar surface area (TPSA) is 18.5 Å². The fourth-order valence-corrected chi connectivity index (χ4v) is 2.28. The SMILES string of the molecule is CC(C)COP(=S)([S-])OCC(C)C.[Mo]. The van der Waals surface area contributed by atoms with Crippen molar-refractivity contribution in [1.82, 2.24) is 0 Å². The van der Waals surface area contributed by atoms with Crippen molar-refractivity contribution in [2.45, 2.75) is 27.7 Å². The third kappa shape index (κ3) is 11.7. The molecule has 0 atom stereocenters. The molecule has 0 amide bonds. The molecule has 0 radical (unpaired) electrons. The van der Waals surface area contributed by atoms with Crippen LogP contribution in [0.4, 0.5) is 0 Å². The third-order valence-electron chi connectivity index (χ3n) is 1.13. The molecule has 0 aromatic carbocycles. The van der Waals surface area contributed by atoms with E-state index >= 15 is 0 Å². The van der Waals surface area contributed by atoms with E-state index < -0.39 is 5.69 Å². The first kappa shape index (κ1) is 18.0. The van der Waals surface area contributed by atoms with Crippen molar-refractivity contribution in [1.29, 1.82) is 0 Å². The Morgan fingerprint density at radius 1 is 1.07 bits per heavy atom. The minimum Gasteiger partial charge on any atom is -0.691 e. The fourth-order valence-electron chi connectivity index (χ4n) is 0.518. The summed E-state index contributed by atoms with van der Waals surface area (Å²) in [5.41, 5.74) is -2.38. The Balaban J connectivity index is 0. The smallest absolute Gasteiger partial charge is 0.0564 e. The zero-order valence-electron chi connectivity index (χ0n) is 9.06. The van der Waals surface area contributed by atoms with Crippen LogP contribution in [0.2, 0.25) is 0 Å². The van der Waals surface area contributed by atoms with Crippen LogP contribution >= 0.6 is 5.69 Å². The van der Waals surface area contributed by atoms with Crippen molar-refractivity contribution in [2.24, 2.45) is 11.8 Å². The molecule has 0 unspecified atom stereocenters. The number of hydrogen-bond donors (Lipinski definition) is 0.